The van der Waals surface area contributed by atoms with E-state index >= 15 is 0 Å². The summed E-state index contributed by atoms with van der Waals surface area (Å²) in [4.78, 5) is 7.00. The van der Waals surface area contributed by atoms with Crippen LogP contribution in [0.1, 0.15) is 43.9 Å². The Kier molecular flexibility index (Phi) is 3.94. The first kappa shape index (κ1) is 12.8. The summed E-state index contributed by atoms with van der Waals surface area (Å²) < 4.78 is 5.83. The highest BCUT2D eigenvalue weighted by atomic mass is 16.5. The van der Waals surface area contributed by atoms with Crippen LogP contribution in [0.4, 0.5) is 0 Å². The molecule has 1 aliphatic carbocycles. The number of hydrogen-bond acceptors (Lipinski definition) is 4. The van der Waals surface area contributed by atoms with E-state index in [4.69, 9.17) is 4.74 Å². The minimum absolute atomic E-state index is 0.0145. The number of allylic oxidation sites excluding steroid dienone is 1. The average Bonchev–Trinajstić information content (AvgIpc) is 2.97. The van der Waals surface area contributed by atoms with Gasteiger partial charge in [-0.25, -0.2) is 4.98 Å². The average molecular weight is 262 g/mol. The molecule has 5 nitrogen and oxygen atoms in total. The van der Waals surface area contributed by atoms with Gasteiger partial charge in [0.1, 0.15) is 11.9 Å². The fourth-order valence-electron chi connectivity index (χ4n) is 2.84. The van der Waals surface area contributed by atoms with E-state index in [-0.39, 0.29) is 6.10 Å². The number of ether oxygens (including phenoxy) is 1. The molecule has 0 spiro atoms. The highest BCUT2D eigenvalue weighted by molar-refractivity contribution is 5.02. The number of aryl methyl sites for hydroxylation is 1. The van der Waals surface area contributed by atoms with Crippen molar-refractivity contribution < 1.29 is 4.74 Å². The molecule has 0 bridgehead atoms. The van der Waals surface area contributed by atoms with E-state index < -0.39 is 0 Å². The first-order chi connectivity index (χ1) is 9.36. The lowest BCUT2D eigenvalue weighted by Crippen LogP contribution is -2.44. The van der Waals surface area contributed by atoms with Crippen LogP contribution in [0.25, 0.3) is 0 Å². The topological polar surface area (TPSA) is 54.0 Å². The van der Waals surface area contributed by atoms with Crippen LogP contribution in [0.3, 0.4) is 0 Å². The number of aromatic amines is 1. The predicted molar refractivity (Wildman–Crippen MR) is 72.8 cm³/mol. The second kappa shape index (κ2) is 5.84. The fourth-order valence-corrected chi connectivity index (χ4v) is 2.84. The van der Waals surface area contributed by atoms with Gasteiger partial charge in [-0.15, -0.1) is 0 Å². The van der Waals surface area contributed by atoms with Crippen molar-refractivity contribution >= 4 is 0 Å². The fraction of sp³-hybridized carbons (Fsp3) is 0.714. The van der Waals surface area contributed by atoms with Crippen molar-refractivity contribution in [1.82, 2.24) is 20.1 Å². The molecule has 1 aromatic rings. The molecule has 1 aliphatic heterocycles. The standard InChI is InChI=1S/C14H22N4O/c1-2-13-15-14(17-16-13)12-10-18(8-9-19-12)11-6-4-3-5-7-11/h4,6,11-12H,2-3,5,7-10H2,1H3,(H,15,16,17). The normalized spacial score (nSPS) is 28.7. The SMILES string of the molecule is CCc1nc(C2CN(C3C=CCCC3)CCO2)n[nH]1. The van der Waals surface area contributed by atoms with E-state index in [1.54, 1.807) is 0 Å². The number of nitrogens with one attached hydrogen (secondary N) is 1. The highest BCUT2D eigenvalue weighted by Gasteiger charge is 2.28. The van der Waals surface area contributed by atoms with E-state index in [0.717, 1.165) is 37.8 Å². The summed E-state index contributed by atoms with van der Waals surface area (Å²) in [5.41, 5.74) is 0. The minimum Gasteiger partial charge on any atom is -0.367 e. The van der Waals surface area contributed by atoms with Crippen LogP contribution in [-0.4, -0.2) is 45.8 Å². The third-order valence-electron chi connectivity index (χ3n) is 3.97. The summed E-state index contributed by atoms with van der Waals surface area (Å²) in [5.74, 6) is 1.75. The first-order valence-corrected chi connectivity index (χ1v) is 7.30. The third kappa shape index (κ3) is 2.87. The Hall–Kier alpha value is -1.20. The second-order valence-corrected chi connectivity index (χ2v) is 5.27. The van der Waals surface area contributed by atoms with Gasteiger partial charge in [-0.2, -0.15) is 5.10 Å². The molecule has 2 atom stereocenters. The van der Waals surface area contributed by atoms with Gasteiger partial charge in [0.25, 0.3) is 0 Å². The Morgan fingerprint density at radius 2 is 2.47 bits per heavy atom. The Labute approximate surface area is 114 Å². The molecule has 2 heterocycles. The Morgan fingerprint density at radius 3 is 3.21 bits per heavy atom. The number of rotatable bonds is 3. The molecule has 1 aromatic heterocycles. The molecule has 104 valence electrons. The second-order valence-electron chi connectivity index (χ2n) is 5.27. The van der Waals surface area contributed by atoms with Crippen LogP contribution in [0.5, 0.6) is 0 Å². The van der Waals surface area contributed by atoms with E-state index in [1.807, 2.05) is 0 Å². The minimum atomic E-state index is 0.0145. The molecule has 19 heavy (non-hydrogen) atoms. The van der Waals surface area contributed by atoms with Crippen molar-refractivity contribution in [3.05, 3.63) is 23.8 Å². The van der Waals surface area contributed by atoms with Gasteiger partial charge in [0, 0.05) is 25.6 Å². The Bertz CT molecular complexity index is 442. The van der Waals surface area contributed by atoms with Gasteiger partial charge < -0.3 is 4.74 Å². The van der Waals surface area contributed by atoms with Crippen LogP contribution < -0.4 is 0 Å². The van der Waals surface area contributed by atoms with Crippen molar-refractivity contribution in [1.29, 1.82) is 0 Å². The first-order valence-electron chi connectivity index (χ1n) is 7.30. The van der Waals surface area contributed by atoms with Crippen LogP contribution in [-0.2, 0) is 11.2 Å². The maximum atomic E-state index is 5.83. The summed E-state index contributed by atoms with van der Waals surface area (Å²) in [6, 6.07) is 0.574. The zero-order valence-electron chi connectivity index (χ0n) is 11.5. The number of morpholine rings is 1. The van der Waals surface area contributed by atoms with Crippen molar-refractivity contribution in [3.63, 3.8) is 0 Å². The quantitative estimate of drug-likeness (QED) is 0.845. The summed E-state index contributed by atoms with van der Waals surface area (Å²) in [5, 5.41) is 7.26. The van der Waals surface area contributed by atoms with Crippen LogP contribution in [0.2, 0.25) is 0 Å². The lowest BCUT2D eigenvalue weighted by molar-refractivity contribution is -0.0442. The molecule has 5 heteroatoms. The van der Waals surface area contributed by atoms with E-state index in [9.17, 15) is 0 Å². The van der Waals surface area contributed by atoms with Crippen molar-refractivity contribution in [3.8, 4) is 0 Å². The molecule has 1 fully saturated rings. The van der Waals surface area contributed by atoms with Crippen molar-refractivity contribution in [2.24, 2.45) is 0 Å². The van der Waals surface area contributed by atoms with Crippen LogP contribution >= 0.6 is 0 Å². The molecular weight excluding hydrogens is 240 g/mol. The predicted octanol–water partition coefficient (Wildman–Crippen LogP) is 1.85. The molecule has 1 saturated heterocycles. The molecule has 2 aliphatic rings. The molecule has 1 N–H and O–H groups in total. The smallest absolute Gasteiger partial charge is 0.180 e. The van der Waals surface area contributed by atoms with E-state index in [2.05, 4.69) is 39.2 Å². The molecule has 2 unspecified atom stereocenters. The highest BCUT2D eigenvalue weighted by Crippen LogP contribution is 2.24. The summed E-state index contributed by atoms with van der Waals surface area (Å²) in [6.45, 7) is 4.75. The number of hydrogen-bond donors (Lipinski definition) is 1. The number of H-pyrrole nitrogens is 1. The van der Waals surface area contributed by atoms with Crippen LogP contribution in [0, 0.1) is 0 Å². The zero-order chi connectivity index (χ0) is 13.1. The van der Waals surface area contributed by atoms with Gasteiger partial charge >= 0.3 is 0 Å². The molecule has 0 saturated carbocycles. The maximum absolute atomic E-state index is 5.83. The van der Waals surface area contributed by atoms with Crippen LogP contribution in [0.15, 0.2) is 12.2 Å². The number of nitrogens with zero attached hydrogens (tertiary/aromatic N) is 3. The van der Waals surface area contributed by atoms with Crippen molar-refractivity contribution in [2.45, 2.75) is 44.8 Å². The van der Waals surface area contributed by atoms with Crippen molar-refractivity contribution in [2.75, 3.05) is 19.7 Å². The van der Waals surface area contributed by atoms with Gasteiger partial charge in [0.15, 0.2) is 5.82 Å². The molecule has 0 radical (unpaired) electrons. The largest absolute Gasteiger partial charge is 0.367 e. The summed E-state index contributed by atoms with van der Waals surface area (Å²) in [6.07, 6.45) is 9.34. The van der Waals surface area contributed by atoms with Gasteiger partial charge in [-0.3, -0.25) is 10.00 Å². The summed E-state index contributed by atoms with van der Waals surface area (Å²) in [7, 11) is 0. The molecule has 0 aromatic carbocycles. The maximum Gasteiger partial charge on any atom is 0.180 e. The van der Waals surface area contributed by atoms with Gasteiger partial charge in [0.05, 0.1) is 6.61 Å². The zero-order valence-corrected chi connectivity index (χ0v) is 11.5. The molecule has 3 rings (SSSR count). The number of aromatic nitrogens is 3. The lowest BCUT2D eigenvalue weighted by atomic mass is 10.0. The Balaban J connectivity index is 1.67. The van der Waals surface area contributed by atoms with E-state index in [1.165, 1.54) is 19.3 Å². The van der Waals surface area contributed by atoms with Gasteiger partial charge in [-0.05, 0) is 19.3 Å². The van der Waals surface area contributed by atoms with E-state index in [0.29, 0.717) is 6.04 Å². The summed E-state index contributed by atoms with van der Waals surface area (Å²) >= 11 is 0. The van der Waals surface area contributed by atoms with Gasteiger partial charge in [-0.1, -0.05) is 19.1 Å². The monoisotopic (exact) mass is 262 g/mol. The lowest BCUT2D eigenvalue weighted by Gasteiger charge is -2.37. The third-order valence-corrected chi connectivity index (χ3v) is 3.97. The van der Waals surface area contributed by atoms with Gasteiger partial charge in [0.2, 0.25) is 0 Å². The Morgan fingerprint density at radius 1 is 1.53 bits per heavy atom. The molecular formula is C14H22N4O. The molecule has 0 amide bonds.